The average molecular weight is 488 g/mol. The lowest BCUT2D eigenvalue weighted by Gasteiger charge is -2.19. The number of para-hydroxylation sites is 2. The highest BCUT2D eigenvalue weighted by Crippen LogP contribution is 2.24. The first-order valence-electron chi connectivity index (χ1n) is 12.4. The summed E-state index contributed by atoms with van der Waals surface area (Å²) in [4.78, 5) is 17.2. The van der Waals surface area contributed by atoms with E-state index >= 15 is 0 Å². The fourth-order valence-electron chi connectivity index (χ4n) is 4.31. The number of nitrogens with zero attached hydrogens (tertiary/aromatic N) is 2. The normalized spacial score (nSPS) is 11.7. The van der Waals surface area contributed by atoms with Crippen LogP contribution in [0.3, 0.4) is 0 Å². The molecule has 182 valence electrons. The predicted molar refractivity (Wildman–Crippen MR) is 145 cm³/mol. The van der Waals surface area contributed by atoms with Gasteiger partial charge in [0.25, 0.3) is 5.91 Å². The largest absolute Gasteiger partial charge is 0.352 e. The number of nitrogens with one attached hydrogen (secondary N) is 1. The van der Waals surface area contributed by atoms with Crippen LogP contribution in [0.15, 0.2) is 72.8 Å². The Morgan fingerprint density at radius 2 is 1.63 bits per heavy atom. The molecule has 1 N–H and O–H groups in total. The highest BCUT2D eigenvalue weighted by Gasteiger charge is 2.14. The molecule has 1 amide bonds. The summed E-state index contributed by atoms with van der Waals surface area (Å²) in [6.07, 6.45) is 3.87. The van der Waals surface area contributed by atoms with E-state index in [0.29, 0.717) is 17.1 Å². The van der Waals surface area contributed by atoms with Crippen LogP contribution in [-0.4, -0.2) is 22.0 Å². The molecule has 0 spiro atoms. The topological polar surface area (TPSA) is 46.9 Å². The van der Waals surface area contributed by atoms with Crippen LogP contribution in [0.1, 0.15) is 67.3 Å². The summed E-state index contributed by atoms with van der Waals surface area (Å²) in [5.41, 5.74) is 5.52. The van der Waals surface area contributed by atoms with Crippen molar-refractivity contribution < 1.29 is 4.79 Å². The number of amides is 1. The average Bonchev–Trinajstić information content (AvgIpc) is 3.18. The van der Waals surface area contributed by atoms with Crippen LogP contribution in [0.4, 0.5) is 0 Å². The van der Waals surface area contributed by atoms with E-state index in [-0.39, 0.29) is 11.3 Å². The SMILES string of the molecule is CC(C)(C)c1ccc(Cn2c(CCCCCNC(=O)c3ccccc3Cl)nc3ccccc32)cc1. The van der Waals surface area contributed by atoms with Crippen molar-refractivity contribution in [2.24, 2.45) is 0 Å². The number of aromatic nitrogens is 2. The molecule has 4 rings (SSSR count). The first kappa shape index (κ1) is 25.0. The molecule has 0 aliphatic heterocycles. The van der Waals surface area contributed by atoms with Gasteiger partial charge >= 0.3 is 0 Å². The van der Waals surface area contributed by atoms with E-state index in [1.807, 2.05) is 18.2 Å². The van der Waals surface area contributed by atoms with Crippen molar-refractivity contribution in [3.05, 3.63) is 100 Å². The zero-order chi connectivity index (χ0) is 24.8. The van der Waals surface area contributed by atoms with Crippen molar-refractivity contribution in [1.82, 2.24) is 14.9 Å². The van der Waals surface area contributed by atoms with Gasteiger partial charge < -0.3 is 9.88 Å². The van der Waals surface area contributed by atoms with E-state index in [1.54, 1.807) is 12.1 Å². The van der Waals surface area contributed by atoms with Crippen LogP contribution in [0, 0.1) is 0 Å². The first-order valence-corrected chi connectivity index (χ1v) is 12.8. The molecule has 35 heavy (non-hydrogen) atoms. The molecule has 0 saturated heterocycles. The summed E-state index contributed by atoms with van der Waals surface area (Å²) in [6, 6.07) is 24.5. The smallest absolute Gasteiger partial charge is 0.252 e. The minimum Gasteiger partial charge on any atom is -0.352 e. The molecule has 0 atom stereocenters. The second-order valence-corrected chi connectivity index (χ2v) is 10.5. The van der Waals surface area contributed by atoms with Gasteiger partial charge in [-0.05, 0) is 53.6 Å². The minimum atomic E-state index is -0.116. The Hall–Kier alpha value is -3.11. The number of unbranched alkanes of at least 4 members (excludes halogenated alkanes) is 2. The van der Waals surface area contributed by atoms with Crippen LogP contribution in [-0.2, 0) is 18.4 Å². The van der Waals surface area contributed by atoms with Crippen LogP contribution < -0.4 is 5.32 Å². The number of carbonyl (C=O) groups excluding carboxylic acids is 1. The maximum Gasteiger partial charge on any atom is 0.252 e. The lowest BCUT2D eigenvalue weighted by atomic mass is 9.87. The zero-order valence-electron chi connectivity index (χ0n) is 20.9. The van der Waals surface area contributed by atoms with Crippen molar-refractivity contribution in [1.29, 1.82) is 0 Å². The summed E-state index contributed by atoms with van der Waals surface area (Å²) < 4.78 is 2.35. The molecule has 4 aromatic rings. The fourth-order valence-corrected chi connectivity index (χ4v) is 4.53. The van der Waals surface area contributed by atoms with Gasteiger partial charge in [0.05, 0.1) is 21.6 Å². The molecule has 5 heteroatoms. The number of hydrogen-bond donors (Lipinski definition) is 1. The quantitative estimate of drug-likeness (QED) is 0.254. The van der Waals surface area contributed by atoms with E-state index in [2.05, 4.69) is 73.1 Å². The number of carbonyl (C=O) groups is 1. The van der Waals surface area contributed by atoms with Crippen LogP contribution >= 0.6 is 11.6 Å². The lowest BCUT2D eigenvalue weighted by Crippen LogP contribution is -2.24. The first-order chi connectivity index (χ1) is 16.8. The van der Waals surface area contributed by atoms with E-state index in [0.717, 1.165) is 43.6 Å². The zero-order valence-corrected chi connectivity index (χ0v) is 21.6. The van der Waals surface area contributed by atoms with Gasteiger partial charge in [-0.25, -0.2) is 4.98 Å². The fraction of sp³-hybridized carbons (Fsp3) is 0.333. The Kier molecular flexibility index (Phi) is 7.92. The van der Waals surface area contributed by atoms with Crippen LogP contribution in [0.2, 0.25) is 5.02 Å². The monoisotopic (exact) mass is 487 g/mol. The van der Waals surface area contributed by atoms with E-state index in [1.165, 1.54) is 16.6 Å². The van der Waals surface area contributed by atoms with E-state index in [4.69, 9.17) is 16.6 Å². The third-order valence-electron chi connectivity index (χ3n) is 6.38. The number of benzene rings is 3. The molecular weight excluding hydrogens is 454 g/mol. The summed E-state index contributed by atoms with van der Waals surface area (Å²) in [5.74, 6) is 1.00. The lowest BCUT2D eigenvalue weighted by molar-refractivity contribution is 0.0953. The number of aryl methyl sites for hydroxylation is 1. The van der Waals surface area contributed by atoms with Crippen molar-refractivity contribution in [2.45, 2.75) is 58.4 Å². The van der Waals surface area contributed by atoms with Gasteiger partial charge in [-0.3, -0.25) is 4.79 Å². The van der Waals surface area contributed by atoms with E-state index < -0.39 is 0 Å². The summed E-state index contributed by atoms with van der Waals surface area (Å²) >= 11 is 6.11. The molecule has 0 bridgehead atoms. The van der Waals surface area contributed by atoms with Gasteiger partial charge in [-0.1, -0.05) is 87.3 Å². The summed E-state index contributed by atoms with van der Waals surface area (Å²) in [5, 5.41) is 3.46. The van der Waals surface area contributed by atoms with Gasteiger partial charge in [0.2, 0.25) is 0 Å². The molecule has 0 unspecified atom stereocenters. The highest BCUT2D eigenvalue weighted by molar-refractivity contribution is 6.33. The van der Waals surface area contributed by atoms with Crippen molar-refractivity contribution in [3.63, 3.8) is 0 Å². The minimum absolute atomic E-state index is 0.116. The van der Waals surface area contributed by atoms with Crippen molar-refractivity contribution in [2.75, 3.05) is 6.54 Å². The molecule has 1 aromatic heterocycles. The molecule has 0 aliphatic carbocycles. The van der Waals surface area contributed by atoms with Crippen molar-refractivity contribution in [3.8, 4) is 0 Å². The molecular formula is C30H34ClN3O. The maximum atomic E-state index is 12.3. The number of fused-ring (bicyclic) bond motifs is 1. The molecule has 0 saturated carbocycles. The molecule has 4 nitrogen and oxygen atoms in total. The Balaban J connectivity index is 1.35. The maximum absolute atomic E-state index is 12.3. The molecule has 0 radical (unpaired) electrons. The van der Waals surface area contributed by atoms with Gasteiger partial charge in [-0.15, -0.1) is 0 Å². The Morgan fingerprint density at radius 1 is 0.914 bits per heavy atom. The second-order valence-electron chi connectivity index (χ2n) is 10.1. The highest BCUT2D eigenvalue weighted by atomic mass is 35.5. The van der Waals surface area contributed by atoms with Crippen LogP contribution in [0.5, 0.6) is 0 Å². The van der Waals surface area contributed by atoms with Crippen LogP contribution in [0.25, 0.3) is 11.0 Å². The Morgan fingerprint density at radius 3 is 2.37 bits per heavy atom. The number of rotatable bonds is 9. The Labute approximate surface area is 213 Å². The Bertz CT molecular complexity index is 1290. The van der Waals surface area contributed by atoms with Gasteiger partial charge in [0.15, 0.2) is 0 Å². The number of hydrogen-bond acceptors (Lipinski definition) is 2. The van der Waals surface area contributed by atoms with Gasteiger partial charge in [0, 0.05) is 19.5 Å². The van der Waals surface area contributed by atoms with E-state index in [9.17, 15) is 4.79 Å². The molecule has 3 aromatic carbocycles. The standard InChI is InChI=1S/C30H34ClN3O/c1-30(2,3)23-18-16-22(17-19-23)21-34-27-14-9-8-13-26(27)33-28(34)15-5-4-10-20-32-29(35)24-11-6-7-12-25(24)31/h6-9,11-14,16-19H,4-5,10,15,20-21H2,1-3H3,(H,32,35). The molecule has 0 aliphatic rings. The number of halogens is 1. The predicted octanol–water partition coefficient (Wildman–Crippen LogP) is 7.18. The molecule has 1 heterocycles. The van der Waals surface area contributed by atoms with Crippen molar-refractivity contribution >= 4 is 28.5 Å². The third-order valence-corrected chi connectivity index (χ3v) is 6.71. The van der Waals surface area contributed by atoms with Gasteiger partial charge in [0.1, 0.15) is 5.82 Å². The molecule has 0 fully saturated rings. The summed E-state index contributed by atoms with van der Waals surface area (Å²) in [6.45, 7) is 8.18. The van der Waals surface area contributed by atoms with Gasteiger partial charge in [-0.2, -0.15) is 0 Å². The summed E-state index contributed by atoms with van der Waals surface area (Å²) in [7, 11) is 0. The second kappa shape index (κ2) is 11.1. The number of imidazole rings is 1. The third kappa shape index (κ3) is 6.32.